The van der Waals surface area contributed by atoms with Crippen molar-refractivity contribution < 1.29 is 42.1 Å². The summed E-state index contributed by atoms with van der Waals surface area (Å²) in [4.78, 5) is 38.1. The zero-order chi connectivity index (χ0) is 64.1. The van der Waals surface area contributed by atoms with Crippen molar-refractivity contribution in [1.29, 1.82) is 0 Å². The van der Waals surface area contributed by atoms with Crippen LogP contribution in [0.15, 0.2) is 24.3 Å². The number of phosphoric ester groups is 1. The SMILES string of the molecule is CCCCCCC/C=C\C/C=C\CCCCCCCCCCCCCCCCCCCCCC(=O)OC(COC(=O)CCCCCCCCCCCCCCCCCCCCCCCCCCCCCCCCCCC)COP(=O)([O-])OCC[N+](C)(C)C. The lowest BCUT2D eigenvalue weighted by Gasteiger charge is -2.28. The summed E-state index contributed by atoms with van der Waals surface area (Å²) in [7, 11) is 1.19. The maximum absolute atomic E-state index is 12.9. The van der Waals surface area contributed by atoms with E-state index in [0.29, 0.717) is 17.4 Å². The summed E-state index contributed by atoms with van der Waals surface area (Å²) in [5.41, 5.74) is 0. The van der Waals surface area contributed by atoms with Gasteiger partial charge in [0.15, 0.2) is 6.10 Å². The third-order valence-electron chi connectivity index (χ3n) is 18.0. The van der Waals surface area contributed by atoms with E-state index >= 15 is 0 Å². The van der Waals surface area contributed by atoms with Gasteiger partial charge in [-0.25, -0.2) is 0 Å². The second-order valence-electron chi connectivity index (χ2n) is 28.1. The molecule has 522 valence electrons. The second kappa shape index (κ2) is 69.8. The molecule has 0 aromatic carbocycles. The van der Waals surface area contributed by atoms with Crippen LogP contribution in [0.4, 0.5) is 0 Å². The summed E-state index contributed by atoms with van der Waals surface area (Å²) in [6, 6.07) is 0. The molecule has 0 amide bonds. The molecular formula is C78H152NO8P. The fraction of sp³-hybridized carbons (Fsp3) is 0.923. The molecule has 0 aliphatic rings. The average Bonchev–Trinajstić information content (AvgIpc) is 3.68. The van der Waals surface area contributed by atoms with Crippen LogP contribution in [0, 0.1) is 0 Å². The molecule has 2 unspecified atom stereocenters. The van der Waals surface area contributed by atoms with Gasteiger partial charge in [0.2, 0.25) is 0 Å². The molecule has 9 nitrogen and oxygen atoms in total. The molecule has 0 aromatic heterocycles. The number of carbonyl (C=O) groups is 2. The van der Waals surface area contributed by atoms with Crippen LogP contribution in [0.5, 0.6) is 0 Å². The smallest absolute Gasteiger partial charge is 0.306 e. The van der Waals surface area contributed by atoms with Crippen LogP contribution in [-0.2, 0) is 32.7 Å². The molecule has 0 aliphatic carbocycles. The topological polar surface area (TPSA) is 111 Å². The quantitative estimate of drug-likeness (QED) is 0.0195. The summed E-state index contributed by atoms with van der Waals surface area (Å²) < 4.78 is 34.4. The fourth-order valence-electron chi connectivity index (χ4n) is 12.0. The maximum Gasteiger partial charge on any atom is 0.306 e. The number of likely N-dealkylation sites (N-methyl/N-ethyl adjacent to an activating group) is 1. The third-order valence-corrected chi connectivity index (χ3v) is 18.9. The molecule has 0 spiro atoms. The first-order valence-corrected chi connectivity index (χ1v) is 40.5. The molecule has 88 heavy (non-hydrogen) atoms. The van der Waals surface area contributed by atoms with Gasteiger partial charge in [-0.1, -0.05) is 378 Å². The monoisotopic (exact) mass is 1260 g/mol. The standard InChI is InChI=1S/C78H152NO8P/c1-6-8-10-12-14-16-18-20-22-24-26-28-30-32-34-36-38-39-41-42-44-46-48-50-52-54-56-58-60-62-64-66-68-70-77(80)84-74-76(75-86-88(82,83)85-73-72-79(3,4)5)87-78(81)71-69-67-65-63-61-59-57-55-53-51-49-47-45-43-40-37-35-33-31-29-27-25-23-21-19-17-15-13-11-9-7-2/h19,21,25,27,76H,6-18,20,22-24,26,28-75H2,1-5H3/b21-19-,27-25-. The number of carbonyl (C=O) groups excluding carboxylic acids is 2. The van der Waals surface area contributed by atoms with E-state index in [9.17, 15) is 19.0 Å². The maximum atomic E-state index is 12.9. The van der Waals surface area contributed by atoms with Crippen molar-refractivity contribution >= 4 is 19.8 Å². The molecule has 2 atom stereocenters. The lowest BCUT2D eigenvalue weighted by Crippen LogP contribution is -2.37. The van der Waals surface area contributed by atoms with E-state index in [0.717, 1.165) is 38.5 Å². The Morgan fingerprint density at radius 2 is 0.614 bits per heavy atom. The zero-order valence-electron chi connectivity index (χ0n) is 59.7. The van der Waals surface area contributed by atoms with Gasteiger partial charge in [0.25, 0.3) is 7.82 Å². The van der Waals surface area contributed by atoms with Crippen LogP contribution in [0.25, 0.3) is 0 Å². The molecule has 0 aromatic rings. The fourth-order valence-corrected chi connectivity index (χ4v) is 12.7. The number of allylic oxidation sites excluding steroid dienone is 4. The van der Waals surface area contributed by atoms with Gasteiger partial charge in [-0.3, -0.25) is 14.2 Å². The Balaban J connectivity index is 3.92. The molecule has 0 heterocycles. The van der Waals surface area contributed by atoms with E-state index in [2.05, 4.69) is 38.2 Å². The number of ether oxygens (including phenoxy) is 2. The lowest BCUT2D eigenvalue weighted by atomic mass is 10.0. The van der Waals surface area contributed by atoms with E-state index in [-0.39, 0.29) is 32.0 Å². The number of rotatable bonds is 74. The lowest BCUT2D eigenvalue weighted by molar-refractivity contribution is -0.870. The number of hydrogen-bond acceptors (Lipinski definition) is 8. The highest BCUT2D eigenvalue weighted by atomic mass is 31.2. The van der Waals surface area contributed by atoms with Gasteiger partial charge in [-0.2, -0.15) is 0 Å². The van der Waals surface area contributed by atoms with Crippen LogP contribution >= 0.6 is 7.82 Å². The highest BCUT2D eigenvalue weighted by molar-refractivity contribution is 7.45. The van der Waals surface area contributed by atoms with Gasteiger partial charge in [0.05, 0.1) is 27.7 Å². The molecule has 0 rings (SSSR count). The summed E-state index contributed by atoms with van der Waals surface area (Å²) in [6.45, 7) is 4.32. The van der Waals surface area contributed by atoms with Crippen molar-refractivity contribution in [2.45, 2.75) is 418 Å². The van der Waals surface area contributed by atoms with Crippen molar-refractivity contribution in [3.8, 4) is 0 Å². The first-order valence-electron chi connectivity index (χ1n) is 39.0. The Morgan fingerprint density at radius 3 is 0.898 bits per heavy atom. The minimum absolute atomic E-state index is 0.0266. The van der Waals surface area contributed by atoms with Gasteiger partial charge in [-0.05, 0) is 44.9 Å². The summed E-state index contributed by atoms with van der Waals surface area (Å²) in [6.07, 6.45) is 88.7. The van der Waals surface area contributed by atoms with Crippen LogP contribution in [0.3, 0.4) is 0 Å². The van der Waals surface area contributed by atoms with E-state index in [1.165, 1.54) is 340 Å². The predicted molar refractivity (Wildman–Crippen MR) is 379 cm³/mol. The van der Waals surface area contributed by atoms with Crippen molar-refractivity contribution in [2.75, 3.05) is 47.5 Å². The van der Waals surface area contributed by atoms with Crippen LogP contribution in [-0.4, -0.2) is 70.0 Å². The molecule has 0 N–H and O–H groups in total. The normalized spacial score (nSPS) is 13.1. The van der Waals surface area contributed by atoms with Crippen molar-refractivity contribution in [1.82, 2.24) is 0 Å². The molecular weight excluding hydrogens is 1110 g/mol. The van der Waals surface area contributed by atoms with Crippen LogP contribution in [0.1, 0.15) is 412 Å². The number of phosphoric acid groups is 1. The third kappa shape index (κ3) is 73.5. The summed E-state index contributed by atoms with van der Waals surface area (Å²) >= 11 is 0. The Bertz CT molecular complexity index is 1530. The molecule has 10 heteroatoms. The first-order chi connectivity index (χ1) is 43.0. The number of nitrogens with zero attached hydrogens (tertiary/aromatic N) is 1. The Labute approximate surface area is 549 Å². The van der Waals surface area contributed by atoms with Gasteiger partial charge >= 0.3 is 11.9 Å². The average molecular weight is 1260 g/mol. The van der Waals surface area contributed by atoms with Crippen molar-refractivity contribution in [2.24, 2.45) is 0 Å². The van der Waals surface area contributed by atoms with Crippen molar-refractivity contribution in [3.05, 3.63) is 24.3 Å². The first kappa shape index (κ1) is 86.5. The highest BCUT2D eigenvalue weighted by Crippen LogP contribution is 2.38. The van der Waals surface area contributed by atoms with Crippen LogP contribution < -0.4 is 4.89 Å². The largest absolute Gasteiger partial charge is 0.756 e. The van der Waals surface area contributed by atoms with E-state index in [4.69, 9.17) is 18.5 Å². The minimum atomic E-state index is -4.64. The Morgan fingerprint density at radius 1 is 0.352 bits per heavy atom. The Hall–Kier alpha value is -1.51. The predicted octanol–water partition coefficient (Wildman–Crippen LogP) is 25.0. The Kier molecular flexibility index (Phi) is 68.6. The number of esters is 2. The highest BCUT2D eigenvalue weighted by Gasteiger charge is 2.22. The van der Waals surface area contributed by atoms with Gasteiger partial charge < -0.3 is 27.9 Å². The van der Waals surface area contributed by atoms with E-state index < -0.39 is 26.5 Å². The van der Waals surface area contributed by atoms with Gasteiger partial charge in [-0.15, -0.1) is 0 Å². The zero-order valence-corrected chi connectivity index (χ0v) is 60.6. The number of hydrogen-bond donors (Lipinski definition) is 0. The molecule has 0 saturated heterocycles. The molecule has 0 saturated carbocycles. The van der Waals surface area contributed by atoms with E-state index in [1.807, 2.05) is 21.1 Å². The van der Waals surface area contributed by atoms with Gasteiger partial charge in [0.1, 0.15) is 19.8 Å². The minimum Gasteiger partial charge on any atom is -0.756 e. The molecule has 0 radical (unpaired) electrons. The van der Waals surface area contributed by atoms with Crippen LogP contribution in [0.2, 0.25) is 0 Å². The molecule has 0 bridgehead atoms. The molecule has 0 aliphatic heterocycles. The number of unbranched alkanes of at least 4 members (excludes halogenated alkanes) is 56. The summed E-state index contributed by atoms with van der Waals surface area (Å²) in [5, 5.41) is 0. The van der Waals surface area contributed by atoms with Crippen molar-refractivity contribution in [3.63, 3.8) is 0 Å². The summed E-state index contributed by atoms with van der Waals surface area (Å²) in [5.74, 6) is -0.806. The van der Waals surface area contributed by atoms with Gasteiger partial charge in [0, 0.05) is 12.8 Å². The molecule has 0 fully saturated rings. The second-order valence-corrected chi connectivity index (χ2v) is 29.5. The van der Waals surface area contributed by atoms with E-state index in [1.54, 1.807) is 0 Å². The number of quaternary nitrogens is 1.